The highest BCUT2D eigenvalue weighted by Crippen LogP contribution is 2.21. The fourth-order valence-corrected chi connectivity index (χ4v) is 4.16. The van der Waals surface area contributed by atoms with Gasteiger partial charge in [-0.1, -0.05) is 30.3 Å². The predicted molar refractivity (Wildman–Crippen MR) is 116 cm³/mol. The Morgan fingerprint density at radius 2 is 1.74 bits per heavy atom. The Hall–Kier alpha value is -3.65. The van der Waals surface area contributed by atoms with Gasteiger partial charge in [-0.25, -0.2) is 13.2 Å². The van der Waals surface area contributed by atoms with E-state index in [-0.39, 0.29) is 22.0 Å². The lowest BCUT2D eigenvalue weighted by atomic mass is 10.2. The molecule has 1 N–H and O–H groups in total. The number of rotatable bonds is 8. The van der Waals surface area contributed by atoms with Crippen molar-refractivity contribution in [2.24, 2.45) is 0 Å². The van der Waals surface area contributed by atoms with Crippen LogP contribution in [0.15, 0.2) is 82.3 Å². The van der Waals surface area contributed by atoms with E-state index in [4.69, 9.17) is 9.15 Å². The predicted octanol–water partition coefficient (Wildman–Crippen LogP) is 4.08. The maximum Gasteiger partial charge on any atom is 0.330 e. The number of hydrogen-bond donors (Lipinski definition) is 1. The van der Waals surface area contributed by atoms with Crippen LogP contribution in [-0.4, -0.2) is 26.9 Å². The molecule has 0 saturated carbocycles. The van der Waals surface area contributed by atoms with Gasteiger partial charge in [0.05, 0.1) is 23.5 Å². The summed E-state index contributed by atoms with van der Waals surface area (Å²) < 4.78 is 35.3. The molecule has 0 unspecified atom stereocenters. The number of amides is 1. The summed E-state index contributed by atoms with van der Waals surface area (Å²) in [5.41, 5.74) is 1.51. The second-order valence-corrected chi connectivity index (χ2v) is 8.50. The minimum Gasteiger partial charge on any atom is -0.463 e. The second-order valence-electron chi connectivity index (χ2n) is 6.51. The molecule has 0 radical (unpaired) electrons. The molecular formula is C23H21NO6S. The van der Waals surface area contributed by atoms with E-state index in [2.05, 4.69) is 5.32 Å². The number of anilines is 1. The summed E-state index contributed by atoms with van der Waals surface area (Å²) in [4.78, 5) is 24.2. The van der Waals surface area contributed by atoms with Crippen molar-refractivity contribution in [2.75, 3.05) is 11.9 Å². The van der Waals surface area contributed by atoms with Crippen LogP contribution < -0.4 is 5.32 Å². The fourth-order valence-electron chi connectivity index (χ4n) is 2.78. The summed E-state index contributed by atoms with van der Waals surface area (Å²) in [6.45, 7) is 2.03. The van der Waals surface area contributed by atoms with Gasteiger partial charge in [-0.2, -0.15) is 0 Å². The Labute approximate surface area is 180 Å². The molecule has 0 aliphatic rings. The van der Waals surface area contributed by atoms with Gasteiger partial charge in [0.2, 0.25) is 0 Å². The molecule has 0 fully saturated rings. The Kier molecular flexibility index (Phi) is 7.04. The topological polar surface area (TPSA) is 103 Å². The average molecular weight is 439 g/mol. The summed E-state index contributed by atoms with van der Waals surface area (Å²) in [6.07, 6.45) is 4.20. The number of ether oxygens (including phenoxy) is 1. The van der Waals surface area contributed by atoms with E-state index in [9.17, 15) is 18.0 Å². The number of hydrogen-bond acceptors (Lipinski definition) is 6. The second kappa shape index (κ2) is 9.90. The summed E-state index contributed by atoms with van der Waals surface area (Å²) in [7, 11) is -3.62. The molecule has 0 spiro atoms. The summed E-state index contributed by atoms with van der Waals surface area (Å²) in [6, 6.07) is 16.2. The van der Waals surface area contributed by atoms with Gasteiger partial charge in [0, 0.05) is 17.3 Å². The third-order valence-corrected chi connectivity index (χ3v) is 5.95. The molecule has 1 amide bonds. The van der Waals surface area contributed by atoms with Gasteiger partial charge in [0.15, 0.2) is 15.6 Å². The number of carbonyl (C=O) groups is 2. The third kappa shape index (κ3) is 5.93. The third-order valence-electron chi connectivity index (χ3n) is 4.27. The van der Waals surface area contributed by atoms with Gasteiger partial charge in [-0.3, -0.25) is 4.79 Å². The standard InChI is InChI=1S/C23H21NO6S/c1-2-29-21(25)13-10-17-8-11-19(12-9-17)24-23(26)22-18(14-15-30-22)16-31(27,28)20-6-4-3-5-7-20/h3-15H,2,16H2,1H3,(H,24,26). The summed E-state index contributed by atoms with van der Waals surface area (Å²) in [5, 5.41) is 2.68. The molecule has 1 aromatic heterocycles. The molecule has 0 aliphatic carbocycles. The first-order chi connectivity index (χ1) is 14.9. The monoisotopic (exact) mass is 439 g/mol. The first kappa shape index (κ1) is 22.0. The van der Waals surface area contributed by atoms with Crippen LogP contribution in [0.5, 0.6) is 0 Å². The Morgan fingerprint density at radius 1 is 1.03 bits per heavy atom. The van der Waals surface area contributed by atoms with E-state index in [0.29, 0.717) is 12.3 Å². The van der Waals surface area contributed by atoms with E-state index < -0.39 is 21.7 Å². The van der Waals surface area contributed by atoms with E-state index >= 15 is 0 Å². The molecule has 0 saturated heterocycles. The van der Waals surface area contributed by atoms with Gasteiger partial charge in [-0.15, -0.1) is 0 Å². The van der Waals surface area contributed by atoms with Gasteiger partial charge in [0.25, 0.3) is 5.91 Å². The van der Waals surface area contributed by atoms with E-state index in [1.165, 1.54) is 30.5 Å². The highest BCUT2D eigenvalue weighted by Gasteiger charge is 2.22. The number of benzene rings is 2. The lowest BCUT2D eigenvalue weighted by Crippen LogP contribution is -2.14. The summed E-state index contributed by atoms with van der Waals surface area (Å²) in [5.74, 6) is -1.41. The lowest BCUT2D eigenvalue weighted by molar-refractivity contribution is -0.137. The molecule has 3 rings (SSSR count). The van der Waals surface area contributed by atoms with Gasteiger partial charge < -0.3 is 14.5 Å². The Bertz CT molecular complexity index is 1180. The molecule has 160 valence electrons. The van der Waals surface area contributed by atoms with Crippen LogP contribution >= 0.6 is 0 Å². The van der Waals surface area contributed by atoms with Crippen LogP contribution in [0.2, 0.25) is 0 Å². The SMILES string of the molecule is CCOC(=O)C=Cc1ccc(NC(=O)c2occc2CS(=O)(=O)c2ccccc2)cc1. The lowest BCUT2D eigenvalue weighted by Gasteiger charge is -2.07. The number of carbonyl (C=O) groups excluding carboxylic acids is 2. The van der Waals surface area contributed by atoms with Crippen LogP contribution in [0.4, 0.5) is 5.69 Å². The fraction of sp³-hybridized carbons (Fsp3) is 0.130. The van der Waals surface area contributed by atoms with Crippen LogP contribution in [0.1, 0.15) is 28.6 Å². The number of sulfone groups is 1. The molecule has 2 aromatic carbocycles. The Morgan fingerprint density at radius 3 is 2.42 bits per heavy atom. The maximum absolute atomic E-state index is 12.6. The average Bonchev–Trinajstić information content (AvgIpc) is 3.21. The maximum atomic E-state index is 12.6. The zero-order chi connectivity index (χ0) is 22.3. The van der Waals surface area contributed by atoms with E-state index in [1.807, 2.05) is 0 Å². The van der Waals surface area contributed by atoms with Crippen molar-refractivity contribution < 1.29 is 27.2 Å². The van der Waals surface area contributed by atoms with Crippen molar-refractivity contribution >= 4 is 33.5 Å². The van der Waals surface area contributed by atoms with Crippen LogP contribution in [0.3, 0.4) is 0 Å². The smallest absolute Gasteiger partial charge is 0.330 e. The largest absolute Gasteiger partial charge is 0.463 e. The zero-order valence-corrected chi connectivity index (χ0v) is 17.6. The summed E-state index contributed by atoms with van der Waals surface area (Å²) >= 11 is 0. The van der Waals surface area contributed by atoms with Crippen molar-refractivity contribution in [1.29, 1.82) is 0 Å². The van der Waals surface area contributed by atoms with Crippen LogP contribution in [0.25, 0.3) is 6.08 Å². The highest BCUT2D eigenvalue weighted by atomic mass is 32.2. The van der Waals surface area contributed by atoms with E-state index in [1.54, 1.807) is 55.5 Å². The van der Waals surface area contributed by atoms with Gasteiger partial charge >= 0.3 is 5.97 Å². The highest BCUT2D eigenvalue weighted by molar-refractivity contribution is 7.90. The van der Waals surface area contributed by atoms with Crippen molar-refractivity contribution in [1.82, 2.24) is 0 Å². The molecule has 0 bridgehead atoms. The van der Waals surface area contributed by atoms with Gasteiger partial charge in [0.1, 0.15) is 0 Å². The van der Waals surface area contributed by atoms with Crippen molar-refractivity contribution in [3.63, 3.8) is 0 Å². The molecule has 3 aromatic rings. The normalized spacial score (nSPS) is 11.4. The number of nitrogens with one attached hydrogen (secondary N) is 1. The molecule has 0 atom stereocenters. The Balaban J connectivity index is 1.68. The van der Waals surface area contributed by atoms with Crippen molar-refractivity contribution in [3.8, 4) is 0 Å². The minimum absolute atomic E-state index is 0.0641. The molecule has 8 heteroatoms. The molecule has 0 aliphatic heterocycles. The first-order valence-electron chi connectivity index (χ1n) is 9.49. The van der Waals surface area contributed by atoms with Gasteiger partial charge in [-0.05, 0) is 48.9 Å². The van der Waals surface area contributed by atoms with Crippen LogP contribution in [0, 0.1) is 0 Å². The number of esters is 1. The van der Waals surface area contributed by atoms with E-state index in [0.717, 1.165) is 5.56 Å². The molecular weight excluding hydrogens is 418 g/mol. The molecule has 7 nitrogen and oxygen atoms in total. The number of furan rings is 1. The zero-order valence-electron chi connectivity index (χ0n) is 16.8. The minimum atomic E-state index is -3.62. The molecule has 31 heavy (non-hydrogen) atoms. The van der Waals surface area contributed by atoms with Crippen molar-refractivity contribution in [3.05, 3.63) is 89.9 Å². The quantitative estimate of drug-likeness (QED) is 0.419. The molecule has 1 heterocycles. The van der Waals surface area contributed by atoms with Crippen molar-refractivity contribution in [2.45, 2.75) is 17.6 Å². The first-order valence-corrected chi connectivity index (χ1v) is 11.1. The van der Waals surface area contributed by atoms with Crippen LogP contribution in [-0.2, 0) is 25.1 Å².